The van der Waals surface area contributed by atoms with Gasteiger partial charge in [0.1, 0.15) is 0 Å². The summed E-state index contributed by atoms with van der Waals surface area (Å²) in [6.07, 6.45) is 4.28. The van der Waals surface area contributed by atoms with Crippen molar-refractivity contribution in [3.8, 4) is 22.3 Å². The van der Waals surface area contributed by atoms with E-state index < -0.39 is 0 Å². The van der Waals surface area contributed by atoms with Crippen LogP contribution in [0.3, 0.4) is 0 Å². The molecule has 1 aromatic heterocycles. The zero-order valence-corrected chi connectivity index (χ0v) is 26.0. The molecule has 0 bridgehead atoms. The van der Waals surface area contributed by atoms with Crippen molar-refractivity contribution in [3.05, 3.63) is 168 Å². The average Bonchev–Trinajstić information content (AvgIpc) is 3.52. The largest absolute Gasteiger partial charge is 0.386 e. The van der Waals surface area contributed by atoms with Crippen LogP contribution in [0.15, 0.2) is 158 Å². The minimum absolute atomic E-state index is 0.866. The van der Waals surface area contributed by atoms with E-state index >= 15 is 0 Å². The summed E-state index contributed by atoms with van der Waals surface area (Å²) in [6, 6.07) is 55.2. The summed E-state index contributed by atoms with van der Waals surface area (Å²) in [4.78, 5) is 3.79. The first kappa shape index (κ1) is 26.7. The second-order valence-corrected chi connectivity index (χ2v) is 12.9. The molecule has 0 fully saturated rings. The Morgan fingerprint density at radius 3 is 1.93 bits per heavy atom. The first-order chi connectivity index (χ1) is 22.8. The summed E-state index contributed by atoms with van der Waals surface area (Å²) in [5.74, 6) is 0. The van der Waals surface area contributed by atoms with Crippen LogP contribution >= 0.6 is 11.3 Å². The van der Waals surface area contributed by atoms with E-state index in [1.165, 1.54) is 70.0 Å². The first-order valence-corrected chi connectivity index (χ1v) is 16.5. The molecule has 0 saturated carbocycles. The van der Waals surface area contributed by atoms with Gasteiger partial charge in [0.25, 0.3) is 0 Å². The van der Waals surface area contributed by atoms with Crippen molar-refractivity contribution >= 4 is 66.1 Å². The summed E-state index contributed by atoms with van der Waals surface area (Å²) in [6.45, 7) is 0.866. The molecule has 0 spiro atoms. The molecule has 9 rings (SSSR count). The molecule has 2 nitrogen and oxygen atoms in total. The van der Waals surface area contributed by atoms with Gasteiger partial charge in [-0.25, -0.2) is 0 Å². The number of hydrogen-bond donors (Lipinski definition) is 1. The molecule has 218 valence electrons. The molecule has 0 amide bonds. The molecule has 0 radical (unpaired) electrons. The number of rotatable bonds is 5. The Kier molecular flexibility index (Phi) is 6.43. The lowest BCUT2D eigenvalue weighted by atomic mass is 9.93. The third-order valence-electron chi connectivity index (χ3n) is 9.12. The molecule has 0 aliphatic carbocycles. The van der Waals surface area contributed by atoms with Crippen LogP contribution in [0.5, 0.6) is 0 Å². The molecule has 0 saturated heterocycles. The van der Waals surface area contributed by atoms with Gasteiger partial charge in [0.15, 0.2) is 0 Å². The zero-order valence-electron chi connectivity index (χ0n) is 25.2. The Morgan fingerprint density at radius 2 is 1.15 bits per heavy atom. The van der Waals surface area contributed by atoms with Crippen LogP contribution in [0, 0.1) is 0 Å². The number of hydrogen-bond acceptors (Lipinski definition) is 3. The predicted octanol–water partition coefficient (Wildman–Crippen LogP) is 12.1. The van der Waals surface area contributed by atoms with Crippen molar-refractivity contribution in [2.75, 3.05) is 4.90 Å². The average molecular weight is 607 g/mol. The zero-order chi connectivity index (χ0) is 30.5. The van der Waals surface area contributed by atoms with Crippen LogP contribution in [0.1, 0.15) is 10.4 Å². The summed E-state index contributed by atoms with van der Waals surface area (Å²) in [7, 11) is 0. The molecular weight excluding hydrogens is 577 g/mol. The number of benzene rings is 7. The van der Waals surface area contributed by atoms with Crippen LogP contribution in [-0.4, -0.2) is 0 Å². The number of thiophene rings is 1. The highest BCUT2D eigenvalue weighted by Crippen LogP contribution is 2.45. The Labute approximate surface area is 272 Å². The van der Waals surface area contributed by atoms with Crippen molar-refractivity contribution in [2.24, 2.45) is 0 Å². The highest BCUT2D eigenvalue weighted by Gasteiger charge is 2.21. The second kappa shape index (κ2) is 11.1. The van der Waals surface area contributed by atoms with E-state index in [0.717, 1.165) is 17.9 Å². The molecule has 2 heterocycles. The fraction of sp³-hybridized carbons (Fsp3) is 0.0233. The maximum atomic E-state index is 3.40. The van der Waals surface area contributed by atoms with Crippen LogP contribution in [0.25, 0.3) is 60.0 Å². The molecule has 46 heavy (non-hydrogen) atoms. The minimum Gasteiger partial charge on any atom is -0.386 e. The van der Waals surface area contributed by atoms with E-state index in [2.05, 4.69) is 174 Å². The summed E-state index contributed by atoms with van der Waals surface area (Å²) >= 11 is 1.89. The normalized spacial score (nSPS) is 12.3. The van der Waals surface area contributed by atoms with E-state index in [0.29, 0.717) is 0 Å². The maximum Gasteiger partial charge on any atom is 0.0640 e. The van der Waals surface area contributed by atoms with Crippen molar-refractivity contribution < 1.29 is 0 Å². The SMILES string of the molecule is C1=Cc2c(sc3c(N(c4ccc(-c5ccccc5)cc4)c4ccc(-c5cc6ccccc6c6ccccc56)cc4)cccc23)CN1. The van der Waals surface area contributed by atoms with Crippen molar-refractivity contribution in [2.45, 2.75) is 6.54 Å². The van der Waals surface area contributed by atoms with Crippen LogP contribution in [0.2, 0.25) is 0 Å². The van der Waals surface area contributed by atoms with Crippen LogP contribution in [0.4, 0.5) is 17.1 Å². The third kappa shape index (κ3) is 4.48. The fourth-order valence-corrected chi connectivity index (χ4v) is 8.14. The summed E-state index contributed by atoms with van der Waals surface area (Å²) in [5.41, 5.74) is 9.70. The monoisotopic (exact) mass is 606 g/mol. The van der Waals surface area contributed by atoms with Gasteiger partial charge < -0.3 is 10.2 Å². The van der Waals surface area contributed by atoms with Gasteiger partial charge in [0, 0.05) is 28.2 Å². The van der Waals surface area contributed by atoms with Gasteiger partial charge in [-0.3, -0.25) is 0 Å². The van der Waals surface area contributed by atoms with Gasteiger partial charge in [-0.2, -0.15) is 0 Å². The second-order valence-electron chi connectivity index (χ2n) is 11.8. The Balaban J connectivity index is 1.20. The number of nitrogens with zero attached hydrogens (tertiary/aromatic N) is 1. The molecule has 1 N–H and O–H groups in total. The van der Waals surface area contributed by atoms with E-state index in [1.54, 1.807) is 0 Å². The molecule has 1 aliphatic rings. The number of anilines is 3. The van der Waals surface area contributed by atoms with E-state index in [1.807, 2.05) is 11.3 Å². The quantitative estimate of drug-likeness (QED) is 0.196. The van der Waals surface area contributed by atoms with E-state index in [4.69, 9.17) is 0 Å². The van der Waals surface area contributed by atoms with Gasteiger partial charge in [-0.1, -0.05) is 115 Å². The van der Waals surface area contributed by atoms with Crippen molar-refractivity contribution in [1.29, 1.82) is 0 Å². The molecule has 0 atom stereocenters. The summed E-state index contributed by atoms with van der Waals surface area (Å²) in [5, 5.41) is 9.82. The number of nitrogens with one attached hydrogen (secondary N) is 1. The van der Waals surface area contributed by atoms with Crippen LogP contribution < -0.4 is 10.2 Å². The first-order valence-electron chi connectivity index (χ1n) is 15.7. The lowest BCUT2D eigenvalue weighted by molar-refractivity contribution is 0.878. The van der Waals surface area contributed by atoms with Crippen molar-refractivity contribution in [1.82, 2.24) is 5.32 Å². The third-order valence-corrected chi connectivity index (χ3v) is 10.4. The molecule has 7 aromatic carbocycles. The molecule has 3 heteroatoms. The fourth-order valence-electron chi connectivity index (χ4n) is 6.90. The highest BCUT2D eigenvalue weighted by atomic mass is 32.1. The predicted molar refractivity (Wildman–Crippen MR) is 198 cm³/mol. The molecule has 8 aromatic rings. The lowest BCUT2D eigenvalue weighted by Crippen LogP contribution is -2.10. The van der Waals surface area contributed by atoms with Gasteiger partial charge in [-0.05, 0) is 98.0 Å². The van der Waals surface area contributed by atoms with Crippen molar-refractivity contribution in [3.63, 3.8) is 0 Å². The van der Waals surface area contributed by atoms with Gasteiger partial charge >= 0.3 is 0 Å². The highest BCUT2D eigenvalue weighted by molar-refractivity contribution is 7.20. The van der Waals surface area contributed by atoms with Gasteiger partial charge in [0.2, 0.25) is 0 Å². The Hall–Kier alpha value is -5.64. The van der Waals surface area contributed by atoms with Gasteiger partial charge in [-0.15, -0.1) is 11.3 Å². The van der Waals surface area contributed by atoms with E-state index in [-0.39, 0.29) is 0 Å². The summed E-state index contributed by atoms with van der Waals surface area (Å²) < 4.78 is 1.30. The number of fused-ring (bicyclic) bond motifs is 6. The Bertz CT molecular complexity index is 2400. The smallest absolute Gasteiger partial charge is 0.0640 e. The molecule has 1 aliphatic heterocycles. The van der Waals surface area contributed by atoms with E-state index in [9.17, 15) is 0 Å². The topological polar surface area (TPSA) is 15.3 Å². The van der Waals surface area contributed by atoms with Gasteiger partial charge in [0.05, 0.1) is 10.4 Å². The molecule has 0 unspecified atom stereocenters. The standard InChI is InChI=1S/C43H30N2S/c1-2-9-29(10-3-1)30-17-21-33(22-18-30)45(41-16-8-15-39-38-25-26-44-28-42(38)46-43(39)41)34-23-19-31(20-24-34)40-27-32-11-4-5-12-35(32)36-13-6-7-14-37(36)40/h1-27,44H,28H2. The lowest BCUT2D eigenvalue weighted by Gasteiger charge is -2.26. The van der Waals surface area contributed by atoms with Crippen LogP contribution in [-0.2, 0) is 6.54 Å². The molecular formula is C43H30N2S. The Morgan fingerprint density at radius 1 is 0.522 bits per heavy atom. The minimum atomic E-state index is 0.866. The maximum absolute atomic E-state index is 3.40.